The van der Waals surface area contributed by atoms with E-state index in [4.69, 9.17) is 10.5 Å². The molecular formula is C18H23N3O2S. The van der Waals surface area contributed by atoms with Crippen molar-refractivity contribution in [3.63, 3.8) is 0 Å². The Labute approximate surface area is 146 Å². The predicted molar refractivity (Wildman–Crippen MR) is 95.4 cm³/mol. The van der Waals surface area contributed by atoms with Gasteiger partial charge >= 0.3 is 0 Å². The summed E-state index contributed by atoms with van der Waals surface area (Å²) in [4.78, 5) is 18.8. The van der Waals surface area contributed by atoms with Gasteiger partial charge in [-0.15, -0.1) is 11.3 Å². The molecule has 1 aliphatic rings. The number of para-hydroxylation sites is 1. The number of benzene rings is 1. The molecule has 2 N–H and O–H groups in total. The molecule has 3 rings (SSSR count). The third-order valence-electron chi connectivity index (χ3n) is 4.26. The Balaban J connectivity index is 1.46. The first-order chi connectivity index (χ1) is 11.8. The van der Waals surface area contributed by atoms with Crippen molar-refractivity contribution in [1.82, 2.24) is 9.88 Å². The number of carbonyl (C=O) groups is 1. The summed E-state index contributed by atoms with van der Waals surface area (Å²) in [6, 6.07) is 9.88. The second-order valence-corrected chi connectivity index (χ2v) is 6.97. The van der Waals surface area contributed by atoms with Crippen molar-refractivity contribution in [2.24, 2.45) is 11.7 Å². The van der Waals surface area contributed by atoms with Crippen LogP contribution in [0.15, 0.2) is 35.7 Å². The van der Waals surface area contributed by atoms with Crippen molar-refractivity contribution >= 4 is 17.2 Å². The molecule has 128 valence electrons. The van der Waals surface area contributed by atoms with Gasteiger partial charge in [0.25, 0.3) is 5.91 Å². The molecule has 24 heavy (non-hydrogen) atoms. The first kappa shape index (κ1) is 16.9. The minimum absolute atomic E-state index is 0.0388. The summed E-state index contributed by atoms with van der Waals surface area (Å²) >= 11 is 1.51. The highest BCUT2D eigenvalue weighted by molar-refractivity contribution is 7.09. The molecule has 0 spiro atoms. The topological polar surface area (TPSA) is 68.5 Å². The van der Waals surface area contributed by atoms with E-state index in [2.05, 4.69) is 4.98 Å². The van der Waals surface area contributed by atoms with Crippen LogP contribution in [-0.2, 0) is 6.42 Å². The molecule has 1 amide bonds. The van der Waals surface area contributed by atoms with Gasteiger partial charge in [-0.25, -0.2) is 4.98 Å². The summed E-state index contributed by atoms with van der Waals surface area (Å²) in [5, 5.41) is 2.78. The fraction of sp³-hybridized carbons (Fsp3) is 0.444. The van der Waals surface area contributed by atoms with Crippen LogP contribution in [0.4, 0.5) is 0 Å². The van der Waals surface area contributed by atoms with Crippen LogP contribution in [0.25, 0.3) is 0 Å². The number of thiazole rings is 1. The smallest absolute Gasteiger partial charge is 0.273 e. The molecule has 1 aromatic carbocycles. The lowest BCUT2D eigenvalue weighted by Gasteiger charge is -2.31. The lowest BCUT2D eigenvalue weighted by molar-refractivity contribution is 0.0656. The highest BCUT2D eigenvalue weighted by Crippen LogP contribution is 2.21. The van der Waals surface area contributed by atoms with Gasteiger partial charge in [-0.05, 0) is 37.4 Å². The van der Waals surface area contributed by atoms with Crippen molar-refractivity contribution in [3.05, 3.63) is 46.4 Å². The van der Waals surface area contributed by atoms with Crippen LogP contribution in [0.5, 0.6) is 5.75 Å². The van der Waals surface area contributed by atoms with Gasteiger partial charge in [-0.3, -0.25) is 4.79 Å². The average molecular weight is 345 g/mol. The Hall–Kier alpha value is -1.92. The Kier molecular flexibility index (Phi) is 5.82. The van der Waals surface area contributed by atoms with Crippen LogP contribution in [0, 0.1) is 5.92 Å². The Bertz CT molecular complexity index is 651. The third-order valence-corrected chi connectivity index (χ3v) is 5.17. The van der Waals surface area contributed by atoms with Gasteiger partial charge < -0.3 is 15.4 Å². The van der Waals surface area contributed by atoms with E-state index in [0.717, 1.165) is 43.1 Å². The largest absolute Gasteiger partial charge is 0.493 e. The normalized spacial score (nSPS) is 15.5. The minimum atomic E-state index is 0.0388. The summed E-state index contributed by atoms with van der Waals surface area (Å²) in [5.41, 5.74) is 6.09. The Morgan fingerprint density at radius 1 is 1.29 bits per heavy atom. The van der Waals surface area contributed by atoms with Gasteiger partial charge in [-0.2, -0.15) is 0 Å². The van der Waals surface area contributed by atoms with E-state index in [9.17, 15) is 4.79 Å². The van der Waals surface area contributed by atoms with E-state index >= 15 is 0 Å². The van der Waals surface area contributed by atoms with Crippen LogP contribution in [0.1, 0.15) is 28.3 Å². The van der Waals surface area contributed by atoms with Crippen molar-refractivity contribution < 1.29 is 9.53 Å². The molecule has 1 fully saturated rings. The quantitative estimate of drug-likeness (QED) is 0.874. The van der Waals surface area contributed by atoms with Gasteiger partial charge in [-0.1, -0.05) is 18.2 Å². The lowest BCUT2D eigenvalue weighted by Crippen LogP contribution is -2.39. The first-order valence-corrected chi connectivity index (χ1v) is 9.26. The van der Waals surface area contributed by atoms with Gasteiger partial charge in [0.05, 0.1) is 11.6 Å². The molecule has 1 aliphatic heterocycles. The Morgan fingerprint density at radius 2 is 2.04 bits per heavy atom. The lowest BCUT2D eigenvalue weighted by atomic mass is 9.97. The standard InChI is InChI=1S/C18H23N3O2S/c19-9-6-17-20-16(13-24-17)18(22)21-10-7-14(8-11-21)12-23-15-4-2-1-3-5-15/h1-5,13-14H,6-12,19H2. The fourth-order valence-corrected chi connectivity index (χ4v) is 3.63. The van der Waals surface area contributed by atoms with E-state index in [-0.39, 0.29) is 5.91 Å². The zero-order valence-electron chi connectivity index (χ0n) is 13.7. The monoisotopic (exact) mass is 345 g/mol. The van der Waals surface area contributed by atoms with Crippen molar-refractivity contribution in [2.45, 2.75) is 19.3 Å². The maximum Gasteiger partial charge on any atom is 0.273 e. The second kappa shape index (κ2) is 8.26. The number of nitrogens with zero attached hydrogens (tertiary/aromatic N) is 2. The van der Waals surface area contributed by atoms with E-state index in [1.807, 2.05) is 40.6 Å². The van der Waals surface area contributed by atoms with Crippen LogP contribution >= 0.6 is 11.3 Å². The molecule has 0 saturated carbocycles. The summed E-state index contributed by atoms with van der Waals surface area (Å²) in [6.45, 7) is 2.81. The maximum atomic E-state index is 12.5. The minimum Gasteiger partial charge on any atom is -0.493 e. The van der Waals surface area contributed by atoms with E-state index in [0.29, 0.717) is 24.8 Å². The number of amides is 1. The summed E-state index contributed by atoms with van der Waals surface area (Å²) in [6.07, 6.45) is 2.67. The molecule has 1 saturated heterocycles. The van der Waals surface area contributed by atoms with Gasteiger partial charge in [0.2, 0.25) is 0 Å². The number of rotatable bonds is 6. The number of piperidine rings is 1. The molecule has 1 aromatic heterocycles. The number of ether oxygens (including phenoxy) is 1. The van der Waals surface area contributed by atoms with E-state index < -0.39 is 0 Å². The molecule has 2 heterocycles. The zero-order chi connectivity index (χ0) is 16.8. The molecule has 5 nitrogen and oxygen atoms in total. The van der Waals surface area contributed by atoms with Gasteiger partial charge in [0.1, 0.15) is 11.4 Å². The number of hydrogen-bond acceptors (Lipinski definition) is 5. The van der Waals surface area contributed by atoms with Crippen LogP contribution < -0.4 is 10.5 Å². The van der Waals surface area contributed by atoms with Crippen molar-refractivity contribution in [1.29, 1.82) is 0 Å². The average Bonchev–Trinajstić information content (AvgIpc) is 3.10. The predicted octanol–water partition coefficient (Wildman–Crippen LogP) is 2.58. The first-order valence-electron chi connectivity index (χ1n) is 8.38. The highest BCUT2D eigenvalue weighted by atomic mass is 32.1. The molecule has 6 heteroatoms. The molecule has 0 atom stereocenters. The molecule has 0 aliphatic carbocycles. The molecule has 0 bridgehead atoms. The molecule has 2 aromatic rings. The maximum absolute atomic E-state index is 12.5. The molecule has 0 unspecified atom stereocenters. The number of likely N-dealkylation sites (tertiary alicyclic amines) is 1. The summed E-state index contributed by atoms with van der Waals surface area (Å²) < 4.78 is 5.83. The SMILES string of the molecule is NCCc1nc(C(=O)N2CCC(COc3ccccc3)CC2)cs1. The van der Waals surface area contributed by atoms with Crippen molar-refractivity contribution in [3.8, 4) is 5.75 Å². The third kappa shape index (κ3) is 4.33. The fourth-order valence-electron chi connectivity index (χ4n) is 2.84. The van der Waals surface area contributed by atoms with Gasteiger partial charge in [0.15, 0.2) is 0 Å². The highest BCUT2D eigenvalue weighted by Gasteiger charge is 2.25. The van der Waals surface area contributed by atoms with Gasteiger partial charge in [0, 0.05) is 24.9 Å². The summed E-state index contributed by atoms with van der Waals surface area (Å²) in [7, 11) is 0. The van der Waals surface area contributed by atoms with Crippen LogP contribution in [0.2, 0.25) is 0 Å². The number of hydrogen-bond donors (Lipinski definition) is 1. The van der Waals surface area contributed by atoms with E-state index in [1.165, 1.54) is 11.3 Å². The molecule has 0 radical (unpaired) electrons. The number of carbonyl (C=O) groups excluding carboxylic acids is 1. The van der Waals surface area contributed by atoms with E-state index in [1.54, 1.807) is 0 Å². The number of nitrogens with two attached hydrogens (primary N) is 1. The molecular weight excluding hydrogens is 322 g/mol. The van der Waals surface area contributed by atoms with Crippen molar-refractivity contribution in [2.75, 3.05) is 26.2 Å². The second-order valence-electron chi connectivity index (χ2n) is 6.02. The van der Waals surface area contributed by atoms with Crippen LogP contribution in [0.3, 0.4) is 0 Å². The zero-order valence-corrected chi connectivity index (χ0v) is 14.5. The Morgan fingerprint density at radius 3 is 2.75 bits per heavy atom. The van der Waals surface area contributed by atoms with Crippen LogP contribution in [-0.4, -0.2) is 42.0 Å². The summed E-state index contributed by atoms with van der Waals surface area (Å²) in [5.74, 6) is 1.44. The number of aromatic nitrogens is 1.